The average Bonchev–Trinajstić information content (AvgIpc) is 2.72. The number of ether oxygens (including phenoxy) is 1. The van der Waals surface area contributed by atoms with Crippen molar-refractivity contribution in [1.82, 2.24) is 0 Å². The van der Waals surface area contributed by atoms with Crippen molar-refractivity contribution in [3.05, 3.63) is 29.3 Å². The minimum atomic E-state index is -0.551. The maximum Gasteiger partial charge on any atom is 0.234 e. The zero-order chi connectivity index (χ0) is 11.5. The molecule has 86 valence electrons. The third kappa shape index (κ3) is 2.33. The Morgan fingerprint density at radius 3 is 3.06 bits per heavy atom. The van der Waals surface area contributed by atoms with Gasteiger partial charge in [-0.1, -0.05) is 12.1 Å². The SMILES string of the molecule is NC(=O)C(N)CCc1ccc2c(c1)CCO2. The number of hydrogen-bond acceptors (Lipinski definition) is 3. The zero-order valence-electron chi connectivity index (χ0n) is 9.11. The van der Waals surface area contributed by atoms with Crippen LogP contribution in [0.5, 0.6) is 5.75 Å². The fourth-order valence-electron chi connectivity index (χ4n) is 1.86. The van der Waals surface area contributed by atoms with Gasteiger partial charge in [0.25, 0.3) is 0 Å². The van der Waals surface area contributed by atoms with Crippen LogP contribution in [0.1, 0.15) is 17.5 Å². The maximum absolute atomic E-state index is 10.8. The van der Waals surface area contributed by atoms with Crippen molar-refractivity contribution >= 4 is 5.91 Å². The Labute approximate surface area is 94.6 Å². The second-order valence-electron chi connectivity index (χ2n) is 4.09. The molecule has 0 saturated carbocycles. The molecular formula is C12H16N2O2. The van der Waals surface area contributed by atoms with Crippen LogP contribution in [-0.2, 0) is 17.6 Å². The van der Waals surface area contributed by atoms with Gasteiger partial charge in [-0.05, 0) is 30.0 Å². The van der Waals surface area contributed by atoms with Crippen LogP contribution >= 0.6 is 0 Å². The number of benzene rings is 1. The third-order valence-corrected chi connectivity index (χ3v) is 2.86. The van der Waals surface area contributed by atoms with Crippen LogP contribution in [0.2, 0.25) is 0 Å². The molecule has 4 heteroatoms. The molecule has 16 heavy (non-hydrogen) atoms. The standard InChI is InChI=1S/C12H16N2O2/c13-10(12(14)15)3-1-8-2-4-11-9(7-8)5-6-16-11/h2,4,7,10H,1,3,5-6,13H2,(H2,14,15). The van der Waals surface area contributed by atoms with E-state index >= 15 is 0 Å². The molecule has 1 amide bonds. The molecule has 0 radical (unpaired) electrons. The number of fused-ring (bicyclic) bond motifs is 1. The molecule has 1 atom stereocenters. The van der Waals surface area contributed by atoms with E-state index in [1.807, 2.05) is 12.1 Å². The van der Waals surface area contributed by atoms with Crippen LogP contribution in [-0.4, -0.2) is 18.6 Å². The predicted octanol–water partition coefficient (Wildman–Crippen LogP) is 0.367. The largest absolute Gasteiger partial charge is 0.493 e. The van der Waals surface area contributed by atoms with Gasteiger partial charge < -0.3 is 16.2 Å². The molecule has 1 unspecified atom stereocenters. The van der Waals surface area contributed by atoms with Crippen LogP contribution < -0.4 is 16.2 Å². The minimum absolute atomic E-state index is 0.440. The summed E-state index contributed by atoms with van der Waals surface area (Å²) in [6.07, 6.45) is 2.33. The van der Waals surface area contributed by atoms with Gasteiger partial charge in [-0.3, -0.25) is 4.79 Å². The molecule has 0 fully saturated rings. The van der Waals surface area contributed by atoms with Gasteiger partial charge >= 0.3 is 0 Å². The van der Waals surface area contributed by atoms with Gasteiger partial charge in [0.15, 0.2) is 0 Å². The first-order valence-electron chi connectivity index (χ1n) is 5.46. The number of hydrogen-bond donors (Lipinski definition) is 2. The normalized spacial score (nSPS) is 15.3. The van der Waals surface area contributed by atoms with Gasteiger partial charge in [-0.25, -0.2) is 0 Å². The molecule has 4 nitrogen and oxygen atoms in total. The summed E-state index contributed by atoms with van der Waals surface area (Å²) >= 11 is 0. The highest BCUT2D eigenvalue weighted by Crippen LogP contribution is 2.26. The van der Waals surface area contributed by atoms with Crippen molar-refractivity contribution in [3.8, 4) is 5.75 Å². The van der Waals surface area contributed by atoms with E-state index in [1.54, 1.807) is 0 Å². The Morgan fingerprint density at radius 2 is 2.31 bits per heavy atom. The van der Waals surface area contributed by atoms with Crippen molar-refractivity contribution < 1.29 is 9.53 Å². The highest BCUT2D eigenvalue weighted by atomic mass is 16.5. The lowest BCUT2D eigenvalue weighted by atomic mass is 10.0. The van der Waals surface area contributed by atoms with Crippen LogP contribution in [0.15, 0.2) is 18.2 Å². The minimum Gasteiger partial charge on any atom is -0.493 e. The summed E-state index contributed by atoms with van der Waals surface area (Å²) < 4.78 is 5.42. The summed E-state index contributed by atoms with van der Waals surface area (Å²) in [5.41, 5.74) is 13.1. The van der Waals surface area contributed by atoms with E-state index in [2.05, 4.69) is 6.07 Å². The van der Waals surface area contributed by atoms with Gasteiger partial charge in [0.05, 0.1) is 12.6 Å². The van der Waals surface area contributed by atoms with Gasteiger partial charge in [0, 0.05) is 6.42 Å². The van der Waals surface area contributed by atoms with E-state index in [4.69, 9.17) is 16.2 Å². The lowest BCUT2D eigenvalue weighted by molar-refractivity contribution is -0.119. The molecule has 0 saturated heterocycles. The Hall–Kier alpha value is -1.55. The first-order valence-corrected chi connectivity index (χ1v) is 5.46. The molecule has 0 bridgehead atoms. The number of primary amides is 1. The number of aryl methyl sites for hydroxylation is 1. The van der Waals surface area contributed by atoms with E-state index in [9.17, 15) is 4.79 Å². The Balaban J connectivity index is 1.98. The van der Waals surface area contributed by atoms with E-state index < -0.39 is 11.9 Å². The third-order valence-electron chi connectivity index (χ3n) is 2.86. The number of carbonyl (C=O) groups is 1. The monoisotopic (exact) mass is 220 g/mol. The predicted molar refractivity (Wildman–Crippen MR) is 61.1 cm³/mol. The number of rotatable bonds is 4. The molecular weight excluding hydrogens is 204 g/mol. The molecule has 0 spiro atoms. The van der Waals surface area contributed by atoms with Gasteiger partial charge in [0.1, 0.15) is 5.75 Å². The van der Waals surface area contributed by atoms with E-state index in [0.717, 1.165) is 25.2 Å². The first kappa shape index (κ1) is 11.0. The lowest BCUT2D eigenvalue weighted by Gasteiger charge is -2.08. The van der Waals surface area contributed by atoms with Crippen LogP contribution in [0.3, 0.4) is 0 Å². The highest BCUT2D eigenvalue weighted by molar-refractivity contribution is 5.79. The summed E-state index contributed by atoms with van der Waals surface area (Å²) in [6, 6.07) is 5.56. The van der Waals surface area contributed by atoms with Crippen LogP contribution in [0.4, 0.5) is 0 Å². The average molecular weight is 220 g/mol. The fourth-order valence-corrected chi connectivity index (χ4v) is 1.86. The summed E-state index contributed by atoms with van der Waals surface area (Å²) in [6.45, 7) is 0.763. The lowest BCUT2D eigenvalue weighted by Crippen LogP contribution is -2.36. The summed E-state index contributed by atoms with van der Waals surface area (Å²) in [5.74, 6) is 0.535. The second-order valence-corrected chi connectivity index (χ2v) is 4.09. The summed E-state index contributed by atoms with van der Waals surface area (Å²) in [7, 11) is 0. The van der Waals surface area contributed by atoms with Crippen molar-refractivity contribution in [2.45, 2.75) is 25.3 Å². The molecule has 1 aliphatic rings. The molecule has 1 aliphatic heterocycles. The maximum atomic E-state index is 10.8. The topological polar surface area (TPSA) is 78.3 Å². The molecule has 1 heterocycles. The molecule has 1 aromatic rings. The van der Waals surface area contributed by atoms with Gasteiger partial charge in [-0.15, -0.1) is 0 Å². The van der Waals surface area contributed by atoms with E-state index in [1.165, 1.54) is 11.1 Å². The van der Waals surface area contributed by atoms with Crippen molar-refractivity contribution in [1.29, 1.82) is 0 Å². The number of amides is 1. The van der Waals surface area contributed by atoms with Crippen LogP contribution in [0, 0.1) is 0 Å². The fraction of sp³-hybridized carbons (Fsp3) is 0.417. The van der Waals surface area contributed by atoms with E-state index in [-0.39, 0.29) is 0 Å². The molecule has 0 aromatic heterocycles. The number of carbonyl (C=O) groups excluding carboxylic acids is 1. The highest BCUT2D eigenvalue weighted by Gasteiger charge is 2.13. The van der Waals surface area contributed by atoms with E-state index in [0.29, 0.717) is 6.42 Å². The van der Waals surface area contributed by atoms with Crippen molar-refractivity contribution in [3.63, 3.8) is 0 Å². The Morgan fingerprint density at radius 1 is 1.50 bits per heavy atom. The molecule has 0 aliphatic carbocycles. The smallest absolute Gasteiger partial charge is 0.234 e. The quantitative estimate of drug-likeness (QED) is 0.769. The number of nitrogens with two attached hydrogens (primary N) is 2. The first-order chi connectivity index (χ1) is 7.66. The molecule has 2 rings (SSSR count). The second kappa shape index (κ2) is 4.53. The van der Waals surface area contributed by atoms with Crippen molar-refractivity contribution in [2.24, 2.45) is 11.5 Å². The molecule has 1 aromatic carbocycles. The molecule has 4 N–H and O–H groups in total. The summed E-state index contributed by atoms with van der Waals surface area (Å²) in [5, 5.41) is 0. The zero-order valence-corrected chi connectivity index (χ0v) is 9.11. The van der Waals surface area contributed by atoms with Gasteiger partial charge in [-0.2, -0.15) is 0 Å². The summed E-state index contributed by atoms with van der Waals surface area (Å²) in [4.78, 5) is 10.8. The van der Waals surface area contributed by atoms with Crippen molar-refractivity contribution in [2.75, 3.05) is 6.61 Å². The van der Waals surface area contributed by atoms with Gasteiger partial charge in [0.2, 0.25) is 5.91 Å². The van der Waals surface area contributed by atoms with Crippen LogP contribution in [0.25, 0.3) is 0 Å². The Kier molecular flexibility index (Phi) is 3.10. The Bertz CT molecular complexity index is 404.